The van der Waals surface area contributed by atoms with Crippen LogP contribution in [0.25, 0.3) is 0 Å². The summed E-state index contributed by atoms with van der Waals surface area (Å²) in [5.74, 6) is 0. The van der Waals surface area contributed by atoms with Gasteiger partial charge in [0.05, 0.1) is 12.1 Å². The maximum absolute atomic E-state index is 10.5. The van der Waals surface area contributed by atoms with E-state index in [2.05, 4.69) is 11.4 Å². The highest BCUT2D eigenvalue weighted by Crippen LogP contribution is 2.32. The van der Waals surface area contributed by atoms with Crippen molar-refractivity contribution >= 4 is 28.9 Å². The number of nitrogens with one attached hydrogen (secondary N) is 1. The number of aryl methyl sites for hydroxylation is 1. The van der Waals surface area contributed by atoms with Gasteiger partial charge in [0.15, 0.2) is 0 Å². The molecule has 0 aliphatic carbocycles. The van der Waals surface area contributed by atoms with E-state index in [1.807, 2.05) is 18.2 Å². The van der Waals surface area contributed by atoms with Crippen LogP contribution in [-0.2, 0) is 6.42 Å². The Morgan fingerprint density at radius 2 is 1.80 bits per heavy atom. The van der Waals surface area contributed by atoms with E-state index in [1.54, 1.807) is 18.2 Å². The molecule has 3 rings (SSSR count). The quantitative estimate of drug-likeness (QED) is 0.859. The van der Waals surface area contributed by atoms with Crippen LogP contribution in [0.5, 0.6) is 0 Å². The Morgan fingerprint density at radius 1 is 1.10 bits per heavy atom. The Bertz CT molecular complexity index is 609. The lowest BCUT2D eigenvalue weighted by atomic mass is 9.92. The summed E-state index contributed by atoms with van der Waals surface area (Å²) in [4.78, 5) is 0. The highest BCUT2D eigenvalue weighted by molar-refractivity contribution is 6.34. The third-order valence-corrected chi connectivity index (χ3v) is 4.13. The highest BCUT2D eigenvalue weighted by Gasteiger charge is 2.25. The summed E-state index contributed by atoms with van der Waals surface area (Å²) < 4.78 is 0. The molecule has 0 saturated heterocycles. The summed E-state index contributed by atoms with van der Waals surface area (Å²) >= 11 is 12.0. The second-order valence-electron chi connectivity index (χ2n) is 5.09. The maximum Gasteiger partial charge on any atom is 0.0992 e. The zero-order valence-electron chi connectivity index (χ0n) is 10.8. The lowest BCUT2D eigenvalue weighted by Gasteiger charge is -2.31. The average molecular weight is 308 g/mol. The lowest BCUT2D eigenvalue weighted by molar-refractivity contribution is 0.149. The molecule has 2 N–H and O–H groups in total. The molecule has 0 bridgehead atoms. The van der Waals surface area contributed by atoms with Crippen LogP contribution in [-0.4, -0.2) is 11.1 Å². The van der Waals surface area contributed by atoms with Crippen LogP contribution in [0.1, 0.15) is 23.7 Å². The van der Waals surface area contributed by atoms with E-state index in [-0.39, 0.29) is 6.04 Å². The van der Waals surface area contributed by atoms with E-state index >= 15 is 0 Å². The molecule has 2 nitrogen and oxygen atoms in total. The van der Waals surface area contributed by atoms with Crippen molar-refractivity contribution in [2.75, 3.05) is 5.32 Å². The summed E-state index contributed by atoms with van der Waals surface area (Å²) in [5.41, 5.74) is 3.13. The lowest BCUT2D eigenvalue weighted by Crippen LogP contribution is -2.31. The van der Waals surface area contributed by atoms with Gasteiger partial charge in [-0.2, -0.15) is 0 Å². The third-order valence-electron chi connectivity index (χ3n) is 3.69. The van der Waals surface area contributed by atoms with Gasteiger partial charge in [0.1, 0.15) is 0 Å². The third kappa shape index (κ3) is 2.78. The van der Waals surface area contributed by atoms with Crippen LogP contribution in [0.3, 0.4) is 0 Å². The smallest absolute Gasteiger partial charge is 0.0992 e. The van der Waals surface area contributed by atoms with Gasteiger partial charge in [0.25, 0.3) is 0 Å². The van der Waals surface area contributed by atoms with E-state index in [0.29, 0.717) is 10.0 Å². The van der Waals surface area contributed by atoms with E-state index in [9.17, 15) is 5.11 Å². The van der Waals surface area contributed by atoms with Gasteiger partial charge in [0, 0.05) is 15.7 Å². The predicted molar refractivity (Wildman–Crippen MR) is 83.6 cm³/mol. The van der Waals surface area contributed by atoms with Crippen molar-refractivity contribution in [1.29, 1.82) is 0 Å². The first-order valence-electron chi connectivity index (χ1n) is 6.62. The van der Waals surface area contributed by atoms with Crippen molar-refractivity contribution in [2.45, 2.75) is 25.0 Å². The molecule has 1 aliphatic heterocycles. The number of rotatable bonds is 2. The topological polar surface area (TPSA) is 32.3 Å². The predicted octanol–water partition coefficient (Wildman–Crippen LogP) is 4.45. The van der Waals surface area contributed by atoms with Crippen LogP contribution < -0.4 is 5.32 Å². The second kappa shape index (κ2) is 5.65. The van der Waals surface area contributed by atoms with Gasteiger partial charge in [0.2, 0.25) is 0 Å². The largest absolute Gasteiger partial charge is 0.386 e. The van der Waals surface area contributed by atoms with Gasteiger partial charge in [-0.05, 0) is 48.2 Å². The van der Waals surface area contributed by atoms with Crippen LogP contribution >= 0.6 is 23.2 Å². The van der Waals surface area contributed by atoms with Gasteiger partial charge in [-0.1, -0.05) is 41.4 Å². The van der Waals surface area contributed by atoms with Gasteiger partial charge >= 0.3 is 0 Å². The summed E-state index contributed by atoms with van der Waals surface area (Å²) in [7, 11) is 0. The monoisotopic (exact) mass is 307 g/mol. The molecule has 0 aromatic heterocycles. The van der Waals surface area contributed by atoms with Crippen molar-refractivity contribution in [3.63, 3.8) is 0 Å². The number of fused-ring (bicyclic) bond motifs is 1. The fourth-order valence-corrected chi connectivity index (χ4v) is 3.22. The van der Waals surface area contributed by atoms with E-state index in [1.165, 1.54) is 5.56 Å². The van der Waals surface area contributed by atoms with E-state index < -0.39 is 6.10 Å². The minimum atomic E-state index is -0.625. The van der Waals surface area contributed by atoms with Crippen molar-refractivity contribution in [2.24, 2.45) is 0 Å². The van der Waals surface area contributed by atoms with Gasteiger partial charge in [-0.25, -0.2) is 0 Å². The van der Waals surface area contributed by atoms with Crippen molar-refractivity contribution in [3.05, 3.63) is 63.6 Å². The summed E-state index contributed by atoms with van der Waals surface area (Å²) in [5, 5.41) is 15.0. The molecule has 0 fully saturated rings. The molecule has 0 amide bonds. The van der Waals surface area contributed by atoms with Gasteiger partial charge in [-0.15, -0.1) is 0 Å². The fraction of sp³-hybridized carbons (Fsp3) is 0.250. The number of halogens is 2. The number of para-hydroxylation sites is 1. The fourth-order valence-electron chi connectivity index (χ4n) is 2.68. The van der Waals surface area contributed by atoms with E-state index in [0.717, 1.165) is 24.1 Å². The Balaban J connectivity index is 1.83. The summed E-state index contributed by atoms with van der Waals surface area (Å²) in [6.07, 6.45) is 1.21. The number of aliphatic hydroxyl groups excluding tert-OH is 1. The van der Waals surface area contributed by atoms with Crippen LogP contribution in [0.15, 0.2) is 42.5 Å². The molecule has 0 spiro atoms. The second-order valence-corrected chi connectivity index (χ2v) is 5.97. The molecule has 20 heavy (non-hydrogen) atoms. The molecule has 2 unspecified atom stereocenters. The van der Waals surface area contributed by atoms with Crippen LogP contribution in [0, 0.1) is 0 Å². The number of hydrogen-bond acceptors (Lipinski definition) is 2. The first-order valence-corrected chi connectivity index (χ1v) is 7.37. The van der Waals surface area contributed by atoms with E-state index in [4.69, 9.17) is 23.2 Å². The number of aliphatic hydroxyl groups is 1. The summed E-state index contributed by atoms with van der Waals surface area (Å²) in [6.45, 7) is 0. The SMILES string of the molecule is OC(c1cc(Cl)cc(Cl)c1)C1CCc2ccccc2N1. The molecule has 0 saturated carbocycles. The minimum absolute atomic E-state index is 0.0283. The first-order chi connectivity index (χ1) is 9.63. The molecule has 104 valence electrons. The standard InChI is InChI=1S/C16H15Cl2NO/c17-12-7-11(8-13(18)9-12)16(20)15-6-5-10-3-1-2-4-14(10)19-15/h1-4,7-9,15-16,19-20H,5-6H2. The molecule has 1 aliphatic rings. The molecular formula is C16H15Cl2NO. The Labute approximate surface area is 128 Å². The van der Waals surface area contributed by atoms with Gasteiger partial charge < -0.3 is 10.4 Å². The zero-order valence-corrected chi connectivity index (χ0v) is 12.3. The molecule has 2 atom stereocenters. The molecule has 1 heterocycles. The number of anilines is 1. The van der Waals surface area contributed by atoms with Crippen molar-refractivity contribution < 1.29 is 5.11 Å². The van der Waals surface area contributed by atoms with Gasteiger partial charge in [-0.3, -0.25) is 0 Å². The Morgan fingerprint density at radius 3 is 2.55 bits per heavy atom. The van der Waals surface area contributed by atoms with Crippen molar-refractivity contribution in [3.8, 4) is 0 Å². The number of benzene rings is 2. The Kier molecular flexibility index (Phi) is 3.88. The molecular weight excluding hydrogens is 293 g/mol. The molecule has 0 radical (unpaired) electrons. The van der Waals surface area contributed by atoms with Crippen molar-refractivity contribution in [1.82, 2.24) is 0 Å². The average Bonchev–Trinajstić information content (AvgIpc) is 2.45. The normalized spacial score (nSPS) is 19.1. The van der Waals surface area contributed by atoms with Crippen LogP contribution in [0.4, 0.5) is 5.69 Å². The Hall–Kier alpha value is -1.22. The van der Waals surface area contributed by atoms with Crippen LogP contribution in [0.2, 0.25) is 10.0 Å². The summed E-state index contributed by atoms with van der Waals surface area (Å²) in [6, 6.07) is 13.4. The molecule has 4 heteroatoms. The number of hydrogen-bond donors (Lipinski definition) is 2. The molecule has 2 aromatic rings. The minimum Gasteiger partial charge on any atom is -0.386 e. The zero-order chi connectivity index (χ0) is 14.1. The highest BCUT2D eigenvalue weighted by atomic mass is 35.5. The maximum atomic E-state index is 10.5. The first kappa shape index (κ1) is 13.7. The molecule has 2 aromatic carbocycles.